The largest absolute Gasteiger partial charge is 0.457 e. The van der Waals surface area contributed by atoms with Gasteiger partial charge in [-0.15, -0.1) is 0 Å². The molecule has 0 saturated heterocycles. The van der Waals surface area contributed by atoms with Gasteiger partial charge in [-0.3, -0.25) is 9.78 Å². The second kappa shape index (κ2) is 10.7. The average molecular weight is 419 g/mol. The second-order valence-electron chi connectivity index (χ2n) is 7.46. The van der Waals surface area contributed by atoms with Crippen LogP contribution >= 0.6 is 0 Å². The van der Waals surface area contributed by atoms with Crippen LogP contribution in [-0.4, -0.2) is 17.5 Å². The van der Waals surface area contributed by atoms with Crippen LogP contribution in [0.4, 0.5) is 5.69 Å². The summed E-state index contributed by atoms with van der Waals surface area (Å²) >= 11 is 0. The maximum atomic E-state index is 12.8. The number of anilines is 1. The first-order chi connectivity index (χ1) is 15.0. The minimum Gasteiger partial charge on any atom is -0.457 e. The van der Waals surface area contributed by atoms with Crippen LogP contribution in [0.3, 0.4) is 0 Å². The van der Waals surface area contributed by atoms with Gasteiger partial charge >= 0.3 is 0 Å². The topological polar surface area (TPSA) is 60.5 Å². The van der Waals surface area contributed by atoms with Crippen molar-refractivity contribution >= 4 is 11.6 Å². The number of nitrogens with zero attached hydrogens (tertiary/aromatic N) is 1. The molecule has 0 aliphatic heterocycles. The Morgan fingerprint density at radius 1 is 1.03 bits per heavy atom. The molecule has 2 aromatic carbocycles. The maximum Gasteiger partial charge on any atom is 0.257 e. The number of ether oxygens (including phenoxy) is 2. The summed E-state index contributed by atoms with van der Waals surface area (Å²) in [6, 6.07) is 19.0. The van der Waals surface area contributed by atoms with Crippen molar-refractivity contribution in [2.75, 3.05) is 11.9 Å². The van der Waals surface area contributed by atoms with Crippen LogP contribution in [0, 0.1) is 6.92 Å². The smallest absolute Gasteiger partial charge is 0.257 e. The highest BCUT2D eigenvalue weighted by molar-refractivity contribution is 6.05. The molecule has 1 heterocycles. The van der Waals surface area contributed by atoms with Gasteiger partial charge in [0.25, 0.3) is 5.91 Å². The maximum absolute atomic E-state index is 12.8. The number of benzene rings is 2. The van der Waals surface area contributed by atoms with Crippen LogP contribution in [0.25, 0.3) is 0 Å². The first-order valence-corrected chi connectivity index (χ1v) is 10.8. The Hall–Kier alpha value is -3.18. The average Bonchev–Trinajstić information content (AvgIpc) is 2.78. The highest BCUT2D eigenvalue weighted by Gasteiger charge is 2.14. The minimum atomic E-state index is -0.205. The van der Waals surface area contributed by atoms with Gasteiger partial charge in [0.1, 0.15) is 11.5 Å². The Bertz CT molecular complexity index is 1020. The first kappa shape index (κ1) is 22.5. The number of nitrogens with one attached hydrogen (secondary N) is 1. The van der Waals surface area contributed by atoms with Crippen molar-refractivity contribution in [1.29, 1.82) is 0 Å². The molecule has 0 aliphatic rings. The van der Waals surface area contributed by atoms with Crippen molar-refractivity contribution in [1.82, 2.24) is 4.98 Å². The molecule has 1 atom stereocenters. The number of pyridine rings is 1. The van der Waals surface area contributed by atoms with Crippen LogP contribution in [0.15, 0.2) is 60.7 Å². The van der Waals surface area contributed by atoms with Crippen LogP contribution in [0.2, 0.25) is 0 Å². The predicted octanol–water partition coefficient (Wildman–Crippen LogP) is 6.48. The van der Waals surface area contributed by atoms with Crippen molar-refractivity contribution in [2.24, 2.45) is 0 Å². The van der Waals surface area contributed by atoms with Crippen LogP contribution in [-0.2, 0) is 11.2 Å². The molecule has 0 aliphatic carbocycles. The van der Waals surface area contributed by atoms with Crippen LogP contribution in [0.5, 0.6) is 11.5 Å². The third-order valence-corrected chi connectivity index (χ3v) is 5.00. The zero-order chi connectivity index (χ0) is 22.2. The summed E-state index contributed by atoms with van der Waals surface area (Å²) in [5.41, 5.74) is 3.95. The minimum absolute atomic E-state index is 0.101. The molecule has 1 N–H and O–H groups in total. The van der Waals surface area contributed by atoms with Crippen LogP contribution < -0.4 is 10.1 Å². The standard InChI is InChI=1S/C26H30N2O3/c1-5-16-30-19(4)25-15-14-24(18(3)27-25)26(29)28-21-8-7-9-23(17-21)31-22-12-10-20(6-2)11-13-22/h7-15,17,19H,5-6,16H2,1-4H3,(H,28,29). The Morgan fingerprint density at radius 2 is 1.81 bits per heavy atom. The number of aromatic nitrogens is 1. The molecule has 1 unspecified atom stereocenters. The third kappa shape index (κ3) is 6.15. The lowest BCUT2D eigenvalue weighted by Gasteiger charge is -2.14. The van der Waals surface area contributed by atoms with Crippen molar-refractivity contribution in [3.05, 3.63) is 83.2 Å². The van der Waals surface area contributed by atoms with Crippen LogP contribution in [0.1, 0.15) is 60.6 Å². The van der Waals surface area contributed by atoms with E-state index in [0.29, 0.717) is 29.3 Å². The fraction of sp³-hybridized carbons (Fsp3) is 0.308. The van der Waals surface area contributed by atoms with Gasteiger partial charge in [-0.2, -0.15) is 0 Å². The van der Waals surface area contributed by atoms with Crippen molar-refractivity contribution in [3.8, 4) is 11.5 Å². The molecule has 1 amide bonds. The number of carbonyl (C=O) groups is 1. The van der Waals surface area contributed by atoms with E-state index < -0.39 is 0 Å². The second-order valence-corrected chi connectivity index (χ2v) is 7.46. The number of carbonyl (C=O) groups excluding carboxylic acids is 1. The summed E-state index contributed by atoms with van der Waals surface area (Å²) < 4.78 is 11.7. The number of rotatable bonds is 9. The molecule has 31 heavy (non-hydrogen) atoms. The summed E-state index contributed by atoms with van der Waals surface area (Å²) in [4.78, 5) is 17.4. The normalized spacial score (nSPS) is 11.7. The van der Waals surface area contributed by atoms with Gasteiger partial charge in [0, 0.05) is 18.4 Å². The number of amides is 1. The molecule has 0 radical (unpaired) electrons. The lowest BCUT2D eigenvalue weighted by molar-refractivity contribution is 0.0632. The van der Waals surface area contributed by atoms with Gasteiger partial charge in [-0.05, 0) is 68.7 Å². The highest BCUT2D eigenvalue weighted by atomic mass is 16.5. The molecule has 0 bridgehead atoms. The summed E-state index contributed by atoms with van der Waals surface area (Å²) in [6.07, 6.45) is 1.84. The van der Waals surface area contributed by atoms with Gasteiger partial charge < -0.3 is 14.8 Å². The molecule has 5 nitrogen and oxygen atoms in total. The van der Waals surface area contributed by atoms with Crippen molar-refractivity contribution < 1.29 is 14.3 Å². The molecular formula is C26H30N2O3. The number of aryl methyl sites for hydroxylation is 2. The first-order valence-electron chi connectivity index (χ1n) is 10.8. The van der Waals surface area contributed by atoms with E-state index in [1.807, 2.05) is 56.3 Å². The molecule has 3 aromatic rings. The van der Waals surface area contributed by atoms with Gasteiger partial charge in [-0.1, -0.05) is 32.0 Å². The SMILES string of the molecule is CCCOC(C)c1ccc(C(=O)Nc2cccc(Oc3ccc(CC)cc3)c2)c(C)n1. The molecule has 0 saturated carbocycles. The Balaban J connectivity index is 1.68. The lowest BCUT2D eigenvalue weighted by Crippen LogP contribution is -2.15. The summed E-state index contributed by atoms with van der Waals surface area (Å²) in [5, 5.41) is 2.94. The Labute approximate surface area is 184 Å². The molecule has 0 fully saturated rings. The van der Waals surface area contributed by atoms with E-state index in [4.69, 9.17) is 9.47 Å². The fourth-order valence-corrected chi connectivity index (χ4v) is 3.19. The third-order valence-electron chi connectivity index (χ3n) is 5.00. The van der Waals surface area contributed by atoms with E-state index in [0.717, 1.165) is 24.3 Å². The lowest BCUT2D eigenvalue weighted by atomic mass is 10.1. The summed E-state index contributed by atoms with van der Waals surface area (Å²) in [7, 11) is 0. The number of hydrogen-bond acceptors (Lipinski definition) is 4. The zero-order valence-electron chi connectivity index (χ0n) is 18.6. The zero-order valence-corrected chi connectivity index (χ0v) is 18.6. The molecule has 5 heteroatoms. The highest BCUT2D eigenvalue weighted by Crippen LogP contribution is 2.25. The Morgan fingerprint density at radius 3 is 2.48 bits per heavy atom. The molecular weight excluding hydrogens is 388 g/mol. The van der Waals surface area contributed by atoms with E-state index in [1.54, 1.807) is 6.07 Å². The van der Waals surface area contributed by atoms with Crippen molar-refractivity contribution in [2.45, 2.75) is 46.6 Å². The van der Waals surface area contributed by atoms with Crippen molar-refractivity contribution in [3.63, 3.8) is 0 Å². The molecule has 0 spiro atoms. The summed E-state index contributed by atoms with van der Waals surface area (Å²) in [5.74, 6) is 1.22. The summed E-state index contributed by atoms with van der Waals surface area (Å²) in [6.45, 7) is 8.68. The van der Waals surface area contributed by atoms with Gasteiger partial charge in [0.15, 0.2) is 0 Å². The van der Waals surface area contributed by atoms with E-state index in [1.165, 1.54) is 5.56 Å². The van der Waals surface area contributed by atoms with Gasteiger partial charge in [-0.25, -0.2) is 0 Å². The van der Waals surface area contributed by atoms with Gasteiger partial charge in [0.2, 0.25) is 0 Å². The van der Waals surface area contributed by atoms with E-state index in [2.05, 4.69) is 36.3 Å². The van der Waals surface area contributed by atoms with E-state index in [9.17, 15) is 4.79 Å². The quantitative estimate of drug-likeness (QED) is 0.432. The fourth-order valence-electron chi connectivity index (χ4n) is 3.19. The monoisotopic (exact) mass is 418 g/mol. The molecule has 162 valence electrons. The molecule has 1 aromatic heterocycles. The molecule has 3 rings (SSSR count). The predicted molar refractivity (Wildman–Crippen MR) is 124 cm³/mol. The number of hydrogen-bond donors (Lipinski definition) is 1. The van der Waals surface area contributed by atoms with E-state index >= 15 is 0 Å². The Kier molecular flexibility index (Phi) is 7.79. The van der Waals surface area contributed by atoms with Gasteiger partial charge in [0.05, 0.1) is 23.1 Å². The van der Waals surface area contributed by atoms with E-state index in [-0.39, 0.29) is 12.0 Å².